The van der Waals surface area contributed by atoms with Gasteiger partial charge in [0.2, 0.25) is 11.8 Å². The number of carbonyl (C=O) groups excluding carboxylic acids is 3. The Morgan fingerprint density at radius 1 is 1.21 bits per heavy atom. The molecule has 3 atom stereocenters. The van der Waals surface area contributed by atoms with Gasteiger partial charge in [0.15, 0.2) is 0 Å². The van der Waals surface area contributed by atoms with Crippen molar-refractivity contribution in [3.8, 4) is 5.75 Å². The zero-order valence-electron chi connectivity index (χ0n) is 16.0. The Hall–Kier alpha value is -3.14. The fraction of sp³-hybridized carbons (Fsp3) is 0.474. The van der Waals surface area contributed by atoms with Crippen molar-refractivity contribution < 1.29 is 34.1 Å². The number of benzene rings is 1. The van der Waals surface area contributed by atoms with Crippen LogP contribution in [-0.4, -0.2) is 65.2 Å². The van der Waals surface area contributed by atoms with E-state index in [9.17, 15) is 29.4 Å². The molecule has 1 aliphatic rings. The molecular weight excluding hydrogens is 382 g/mol. The van der Waals surface area contributed by atoms with E-state index in [-0.39, 0.29) is 37.3 Å². The third-order valence-corrected chi connectivity index (χ3v) is 4.35. The maximum atomic E-state index is 12.5. The number of nitrogens with one attached hydrogen (secondary N) is 3. The van der Waals surface area contributed by atoms with Crippen molar-refractivity contribution in [2.75, 3.05) is 13.2 Å². The zero-order chi connectivity index (χ0) is 21.4. The van der Waals surface area contributed by atoms with E-state index in [4.69, 9.17) is 4.74 Å². The summed E-state index contributed by atoms with van der Waals surface area (Å²) in [6, 6.07) is 3.92. The fourth-order valence-corrected chi connectivity index (χ4v) is 2.78. The first-order valence-electron chi connectivity index (χ1n) is 9.30. The van der Waals surface area contributed by atoms with Crippen LogP contribution < -0.4 is 20.7 Å². The first kappa shape index (κ1) is 22.2. The predicted octanol–water partition coefficient (Wildman–Crippen LogP) is -0.586. The van der Waals surface area contributed by atoms with E-state index in [1.807, 2.05) is 0 Å². The molecule has 1 unspecified atom stereocenters. The topological polar surface area (TPSA) is 154 Å². The highest BCUT2D eigenvalue weighted by atomic mass is 16.5. The fourth-order valence-electron chi connectivity index (χ4n) is 2.78. The van der Waals surface area contributed by atoms with Crippen LogP contribution in [0.3, 0.4) is 0 Å². The minimum atomic E-state index is -1.31. The molecule has 0 fully saturated rings. The van der Waals surface area contributed by atoms with E-state index >= 15 is 0 Å². The highest BCUT2D eigenvalue weighted by Crippen LogP contribution is 2.18. The molecule has 29 heavy (non-hydrogen) atoms. The Morgan fingerprint density at radius 3 is 2.62 bits per heavy atom. The molecule has 0 bridgehead atoms. The van der Waals surface area contributed by atoms with Gasteiger partial charge in [-0.1, -0.05) is 12.1 Å². The second-order valence-corrected chi connectivity index (χ2v) is 6.68. The second-order valence-electron chi connectivity index (χ2n) is 6.68. The molecule has 0 saturated heterocycles. The quantitative estimate of drug-likeness (QED) is 0.439. The number of amides is 3. The lowest BCUT2D eigenvalue weighted by Crippen LogP contribution is -2.53. The van der Waals surface area contributed by atoms with Crippen LogP contribution in [0.15, 0.2) is 24.3 Å². The van der Waals surface area contributed by atoms with Gasteiger partial charge in [-0.25, -0.2) is 4.79 Å². The van der Waals surface area contributed by atoms with Crippen LogP contribution in [0.5, 0.6) is 5.75 Å². The van der Waals surface area contributed by atoms with Crippen molar-refractivity contribution in [3.05, 3.63) is 29.8 Å². The standard InChI is InChI=1S/C19H25N3O7/c1-11(23)16-18(26)20-9-4-10-29-14-6-3-2-5-12(14)17(25)21-13(19(27)28)7-8-15(24)22-16/h2-3,5-6,11,13,16,23H,4,7-10H2,1H3,(H,20,26)(H,21,25)(H,22,24)(H,27,28)/t11-,13+,16?/m1/s1. The number of carboxylic acids is 1. The van der Waals surface area contributed by atoms with Gasteiger partial charge in [0, 0.05) is 13.0 Å². The summed E-state index contributed by atoms with van der Waals surface area (Å²) in [5.41, 5.74) is 0.175. The number of hydrogen-bond acceptors (Lipinski definition) is 6. The summed E-state index contributed by atoms with van der Waals surface area (Å²) in [6.07, 6.45) is -1.17. The Balaban J connectivity index is 2.23. The molecule has 10 nitrogen and oxygen atoms in total. The number of aliphatic hydroxyl groups is 1. The number of carboxylic acid groups (broad SMARTS) is 1. The van der Waals surface area contributed by atoms with Crippen LogP contribution in [-0.2, 0) is 14.4 Å². The summed E-state index contributed by atoms with van der Waals surface area (Å²) in [5, 5.41) is 26.6. The van der Waals surface area contributed by atoms with Crippen molar-refractivity contribution in [3.63, 3.8) is 0 Å². The van der Waals surface area contributed by atoms with Crippen LogP contribution in [0.2, 0.25) is 0 Å². The highest BCUT2D eigenvalue weighted by molar-refractivity contribution is 5.99. The molecule has 0 saturated carbocycles. The van der Waals surface area contributed by atoms with E-state index in [0.717, 1.165) is 0 Å². The number of ether oxygens (including phenoxy) is 1. The average molecular weight is 407 g/mol. The van der Waals surface area contributed by atoms with Gasteiger partial charge >= 0.3 is 5.97 Å². The monoisotopic (exact) mass is 407 g/mol. The smallest absolute Gasteiger partial charge is 0.326 e. The molecule has 1 heterocycles. The van der Waals surface area contributed by atoms with Crippen LogP contribution in [0.4, 0.5) is 0 Å². The number of rotatable bonds is 2. The van der Waals surface area contributed by atoms with E-state index in [1.54, 1.807) is 18.2 Å². The molecule has 0 aromatic heterocycles. The molecule has 0 spiro atoms. The molecule has 0 radical (unpaired) electrons. The van der Waals surface area contributed by atoms with Crippen LogP contribution in [0, 0.1) is 0 Å². The van der Waals surface area contributed by atoms with E-state index in [1.165, 1.54) is 13.0 Å². The van der Waals surface area contributed by atoms with Crippen molar-refractivity contribution in [2.45, 2.75) is 44.4 Å². The van der Waals surface area contributed by atoms with Gasteiger partial charge in [0.05, 0.1) is 18.3 Å². The predicted molar refractivity (Wildman–Crippen MR) is 101 cm³/mol. The van der Waals surface area contributed by atoms with Gasteiger partial charge in [-0.2, -0.15) is 0 Å². The minimum absolute atomic E-state index is 0.175. The number of para-hydroxylation sites is 1. The van der Waals surface area contributed by atoms with Crippen molar-refractivity contribution in [2.24, 2.45) is 0 Å². The van der Waals surface area contributed by atoms with Crippen molar-refractivity contribution in [1.82, 2.24) is 16.0 Å². The van der Waals surface area contributed by atoms with Crippen molar-refractivity contribution in [1.29, 1.82) is 0 Å². The molecule has 0 aliphatic carbocycles. The van der Waals surface area contributed by atoms with Gasteiger partial charge in [0.25, 0.3) is 5.91 Å². The summed E-state index contributed by atoms with van der Waals surface area (Å²) in [6.45, 7) is 1.80. The van der Waals surface area contributed by atoms with Crippen molar-refractivity contribution >= 4 is 23.7 Å². The third-order valence-electron chi connectivity index (χ3n) is 4.35. The Kier molecular flexibility index (Phi) is 7.96. The maximum Gasteiger partial charge on any atom is 0.326 e. The SMILES string of the molecule is C[C@@H](O)C1NC(=O)CC[C@@H](C(=O)O)NC(=O)c2ccccc2OCCCNC1=O. The van der Waals surface area contributed by atoms with E-state index < -0.39 is 41.9 Å². The number of fused-ring (bicyclic) bond motifs is 1. The summed E-state index contributed by atoms with van der Waals surface area (Å²) in [7, 11) is 0. The Bertz CT molecular complexity index is 766. The average Bonchev–Trinajstić information content (AvgIpc) is 2.67. The molecule has 10 heteroatoms. The van der Waals surface area contributed by atoms with Gasteiger partial charge in [-0.05, 0) is 31.9 Å². The largest absolute Gasteiger partial charge is 0.493 e. The Morgan fingerprint density at radius 2 is 1.93 bits per heavy atom. The van der Waals surface area contributed by atoms with Crippen LogP contribution in [0.1, 0.15) is 36.5 Å². The van der Waals surface area contributed by atoms with Crippen LogP contribution in [0.25, 0.3) is 0 Å². The number of carbonyl (C=O) groups is 4. The molecule has 2 rings (SSSR count). The van der Waals surface area contributed by atoms with Gasteiger partial charge in [-0.15, -0.1) is 0 Å². The normalized spacial score (nSPS) is 22.9. The van der Waals surface area contributed by atoms with Gasteiger partial charge in [-0.3, -0.25) is 14.4 Å². The summed E-state index contributed by atoms with van der Waals surface area (Å²) >= 11 is 0. The molecule has 158 valence electrons. The lowest BCUT2D eigenvalue weighted by atomic mass is 10.1. The number of hydrogen-bond donors (Lipinski definition) is 5. The molecule has 1 aromatic rings. The first-order chi connectivity index (χ1) is 13.8. The highest BCUT2D eigenvalue weighted by Gasteiger charge is 2.27. The Labute approximate surface area is 167 Å². The van der Waals surface area contributed by atoms with Gasteiger partial charge in [0.1, 0.15) is 17.8 Å². The lowest BCUT2D eigenvalue weighted by Gasteiger charge is -2.22. The van der Waals surface area contributed by atoms with Crippen LogP contribution >= 0.6 is 0 Å². The maximum absolute atomic E-state index is 12.5. The molecule has 1 aliphatic heterocycles. The zero-order valence-corrected chi connectivity index (χ0v) is 16.0. The summed E-state index contributed by atoms with van der Waals surface area (Å²) in [4.78, 5) is 48.4. The first-order valence-corrected chi connectivity index (χ1v) is 9.30. The molecular formula is C19H25N3O7. The number of aliphatic carboxylic acids is 1. The molecule has 3 amide bonds. The summed E-state index contributed by atoms with van der Waals surface area (Å²) in [5.74, 6) is -2.80. The van der Waals surface area contributed by atoms with E-state index in [0.29, 0.717) is 6.42 Å². The number of aliphatic hydroxyl groups excluding tert-OH is 1. The third kappa shape index (κ3) is 6.46. The van der Waals surface area contributed by atoms with Gasteiger partial charge < -0.3 is 30.9 Å². The molecule has 1 aromatic carbocycles. The lowest BCUT2D eigenvalue weighted by molar-refractivity contribution is -0.139. The van der Waals surface area contributed by atoms with E-state index in [2.05, 4.69) is 16.0 Å². The molecule has 5 N–H and O–H groups in total. The summed E-state index contributed by atoms with van der Waals surface area (Å²) < 4.78 is 5.60. The second kappa shape index (κ2) is 10.4. The minimum Gasteiger partial charge on any atom is -0.493 e.